The molecule has 1 aliphatic heterocycles. The van der Waals surface area contributed by atoms with E-state index in [4.69, 9.17) is 14.1 Å². The first-order valence-corrected chi connectivity index (χ1v) is 12.4. The number of halogens is 1. The zero-order valence-electron chi connectivity index (χ0n) is 21.4. The number of piperazine rings is 1. The number of rotatable bonds is 3. The average molecular weight is 494 g/mol. The summed E-state index contributed by atoms with van der Waals surface area (Å²) in [5.41, 5.74) is 2.64. The van der Waals surface area contributed by atoms with Crippen LogP contribution < -0.4 is 0 Å². The van der Waals surface area contributed by atoms with Gasteiger partial charge in [0.2, 0.25) is 0 Å². The van der Waals surface area contributed by atoms with Crippen molar-refractivity contribution in [3.8, 4) is 11.3 Å². The van der Waals surface area contributed by atoms with E-state index in [1.165, 1.54) is 12.1 Å². The molecule has 2 aliphatic rings. The maximum Gasteiger partial charge on any atom is 0.410 e. The second-order valence-electron chi connectivity index (χ2n) is 11.4. The summed E-state index contributed by atoms with van der Waals surface area (Å²) in [6.07, 6.45) is 1.75. The van der Waals surface area contributed by atoms with Gasteiger partial charge in [-0.25, -0.2) is 14.2 Å². The third kappa shape index (κ3) is 4.81. The van der Waals surface area contributed by atoms with Crippen molar-refractivity contribution >= 4 is 23.1 Å². The molecule has 8 heteroatoms. The van der Waals surface area contributed by atoms with Gasteiger partial charge < -0.3 is 19.0 Å². The van der Waals surface area contributed by atoms with Crippen molar-refractivity contribution in [3.05, 3.63) is 53.5 Å². The maximum atomic E-state index is 13.6. The van der Waals surface area contributed by atoms with Crippen LogP contribution in [-0.4, -0.2) is 57.6 Å². The number of nitrogens with zero attached hydrogens (tertiary/aromatic N) is 3. The van der Waals surface area contributed by atoms with E-state index >= 15 is 0 Å². The first-order valence-electron chi connectivity index (χ1n) is 12.4. The maximum absolute atomic E-state index is 13.6. The Hall–Kier alpha value is -3.42. The van der Waals surface area contributed by atoms with Crippen LogP contribution in [0.15, 0.2) is 40.8 Å². The summed E-state index contributed by atoms with van der Waals surface area (Å²) in [6, 6.07) is 9.95. The summed E-state index contributed by atoms with van der Waals surface area (Å²) in [7, 11) is 0. The number of benzene rings is 1. The zero-order chi connectivity index (χ0) is 25.8. The molecule has 190 valence electrons. The highest BCUT2D eigenvalue weighted by atomic mass is 19.1. The summed E-state index contributed by atoms with van der Waals surface area (Å²) >= 11 is 0. The van der Waals surface area contributed by atoms with E-state index in [1.54, 1.807) is 28.0 Å². The Balaban J connectivity index is 1.42. The number of fused-ring (bicyclic) bond motifs is 1. The van der Waals surface area contributed by atoms with Gasteiger partial charge in [-0.3, -0.25) is 4.79 Å². The smallest absolute Gasteiger partial charge is 0.410 e. The number of hydrogen-bond donors (Lipinski definition) is 0. The predicted octanol–water partition coefficient (Wildman–Crippen LogP) is 5.98. The van der Waals surface area contributed by atoms with Crippen LogP contribution in [0.25, 0.3) is 22.4 Å². The molecule has 0 spiro atoms. The molecule has 0 radical (unpaired) electrons. The molecular weight excluding hydrogens is 461 g/mol. The van der Waals surface area contributed by atoms with E-state index in [2.05, 4.69) is 0 Å². The fourth-order valence-electron chi connectivity index (χ4n) is 4.76. The standard InChI is InChI=1S/C28H32FN3O4/c1-27(2,3)36-26(34)31-12-13-32(28(4,5)16-31)25(33)23-15-22-24(35-23)20(17-6-7-17)14-21(30-22)18-8-10-19(29)11-9-18/h8-11,14-15,17H,6-7,12-13,16H2,1-5H3. The van der Waals surface area contributed by atoms with Gasteiger partial charge in [0.1, 0.15) is 16.9 Å². The van der Waals surface area contributed by atoms with Gasteiger partial charge in [-0.05, 0) is 83.7 Å². The van der Waals surface area contributed by atoms with Crippen molar-refractivity contribution in [3.63, 3.8) is 0 Å². The van der Waals surface area contributed by atoms with Crippen molar-refractivity contribution in [2.75, 3.05) is 19.6 Å². The molecule has 1 aliphatic carbocycles. The lowest BCUT2D eigenvalue weighted by Gasteiger charge is -2.46. The van der Waals surface area contributed by atoms with Gasteiger partial charge >= 0.3 is 6.09 Å². The second kappa shape index (κ2) is 8.61. The van der Waals surface area contributed by atoms with Gasteiger partial charge in [0.25, 0.3) is 5.91 Å². The first-order chi connectivity index (χ1) is 16.9. The number of amides is 2. The largest absolute Gasteiger partial charge is 0.449 e. The Morgan fingerprint density at radius 3 is 2.42 bits per heavy atom. The third-order valence-electron chi connectivity index (χ3n) is 6.67. The summed E-state index contributed by atoms with van der Waals surface area (Å²) in [5.74, 6) is 0.0757. The Bertz CT molecular complexity index is 1320. The fraction of sp³-hybridized carbons (Fsp3) is 0.464. The highest BCUT2D eigenvalue weighted by molar-refractivity contribution is 5.97. The number of ether oxygens (including phenoxy) is 1. The van der Waals surface area contributed by atoms with E-state index < -0.39 is 11.1 Å². The molecule has 1 aromatic carbocycles. The molecule has 7 nitrogen and oxygen atoms in total. The molecule has 3 heterocycles. The number of pyridine rings is 1. The van der Waals surface area contributed by atoms with Crippen molar-refractivity contribution < 1.29 is 23.1 Å². The minimum absolute atomic E-state index is 0.230. The molecule has 36 heavy (non-hydrogen) atoms. The number of furan rings is 1. The normalized spacial score (nSPS) is 17.9. The number of carbonyl (C=O) groups excluding carboxylic acids is 2. The highest BCUT2D eigenvalue weighted by Gasteiger charge is 2.41. The molecule has 2 aromatic heterocycles. The summed E-state index contributed by atoms with van der Waals surface area (Å²) in [5, 5.41) is 0. The van der Waals surface area contributed by atoms with E-state index in [-0.39, 0.29) is 23.6 Å². The van der Waals surface area contributed by atoms with Crippen molar-refractivity contribution in [2.45, 2.75) is 64.5 Å². The van der Waals surface area contributed by atoms with Crippen molar-refractivity contribution in [2.24, 2.45) is 0 Å². The quantitative estimate of drug-likeness (QED) is 0.448. The first kappa shape index (κ1) is 24.3. The molecular formula is C28H32FN3O4. The van der Waals surface area contributed by atoms with Crippen LogP contribution >= 0.6 is 0 Å². The van der Waals surface area contributed by atoms with Crippen LogP contribution in [0.4, 0.5) is 9.18 Å². The van der Waals surface area contributed by atoms with E-state index in [0.29, 0.717) is 36.7 Å². The lowest BCUT2D eigenvalue weighted by atomic mass is 9.98. The molecule has 0 unspecified atom stereocenters. The Kier molecular flexibility index (Phi) is 5.80. The molecule has 0 atom stereocenters. The highest BCUT2D eigenvalue weighted by Crippen LogP contribution is 2.45. The van der Waals surface area contributed by atoms with E-state index in [9.17, 15) is 14.0 Å². The van der Waals surface area contributed by atoms with Gasteiger partial charge in [-0.2, -0.15) is 0 Å². The number of aromatic nitrogens is 1. The summed E-state index contributed by atoms with van der Waals surface area (Å²) in [4.78, 5) is 34.3. The predicted molar refractivity (Wildman–Crippen MR) is 134 cm³/mol. The third-order valence-corrected chi connectivity index (χ3v) is 6.67. The van der Waals surface area contributed by atoms with Gasteiger partial charge in [0, 0.05) is 36.8 Å². The monoisotopic (exact) mass is 493 g/mol. The van der Waals surface area contributed by atoms with Crippen LogP contribution in [0.3, 0.4) is 0 Å². The van der Waals surface area contributed by atoms with Gasteiger partial charge in [0.15, 0.2) is 11.3 Å². The van der Waals surface area contributed by atoms with E-state index in [0.717, 1.165) is 29.7 Å². The SMILES string of the molecule is CC(C)(C)OC(=O)N1CCN(C(=O)c2cc3nc(-c4ccc(F)cc4)cc(C4CC4)c3o2)C(C)(C)C1. The number of hydrogen-bond acceptors (Lipinski definition) is 5. The molecule has 2 fully saturated rings. The molecule has 0 N–H and O–H groups in total. The van der Waals surface area contributed by atoms with Gasteiger partial charge in [0.05, 0.1) is 11.2 Å². The van der Waals surface area contributed by atoms with Crippen LogP contribution in [0, 0.1) is 5.82 Å². The van der Waals surface area contributed by atoms with Crippen LogP contribution in [0.2, 0.25) is 0 Å². The number of carbonyl (C=O) groups is 2. The second-order valence-corrected chi connectivity index (χ2v) is 11.4. The Labute approximate surface area is 210 Å². The zero-order valence-corrected chi connectivity index (χ0v) is 21.4. The van der Waals surface area contributed by atoms with Crippen LogP contribution in [0.5, 0.6) is 0 Å². The van der Waals surface area contributed by atoms with Crippen LogP contribution in [-0.2, 0) is 4.74 Å². The van der Waals surface area contributed by atoms with Crippen molar-refractivity contribution in [1.82, 2.24) is 14.8 Å². The van der Waals surface area contributed by atoms with Crippen molar-refractivity contribution in [1.29, 1.82) is 0 Å². The van der Waals surface area contributed by atoms with E-state index in [1.807, 2.05) is 40.7 Å². The fourth-order valence-corrected chi connectivity index (χ4v) is 4.76. The molecule has 1 saturated carbocycles. The van der Waals surface area contributed by atoms with Crippen LogP contribution in [0.1, 0.15) is 69.5 Å². The molecule has 1 saturated heterocycles. The Morgan fingerprint density at radius 1 is 1.11 bits per heavy atom. The Morgan fingerprint density at radius 2 is 1.81 bits per heavy atom. The summed E-state index contributed by atoms with van der Waals surface area (Å²) < 4.78 is 25.1. The lowest BCUT2D eigenvalue weighted by molar-refractivity contribution is -0.0117. The average Bonchev–Trinajstić information content (AvgIpc) is 3.54. The molecule has 5 rings (SSSR count). The van der Waals surface area contributed by atoms with Gasteiger partial charge in [-0.1, -0.05) is 0 Å². The topological polar surface area (TPSA) is 75.9 Å². The molecule has 0 bridgehead atoms. The van der Waals surface area contributed by atoms with Gasteiger partial charge in [-0.15, -0.1) is 0 Å². The minimum Gasteiger partial charge on any atom is -0.449 e. The lowest BCUT2D eigenvalue weighted by Crippen LogP contribution is -2.62. The molecule has 3 aromatic rings. The minimum atomic E-state index is -0.614. The molecule has 2 amide bonds. The summed E-state index contributed by atoms with van der Waals surface area (Å²) in [6.45, 7) is 10.5.